The van der Waals surface area contributed by atoms with E-state index in [1.807, 2.05) is 49.6 Å². The summed E-state index contributed by atoms with van der Waals surface area (Å²) < 4.78 is 20.7. The number of amidine groups is 1. The van der Waals surface area contributed by atoms with Crippen LogP contribution in [0, 0.1) is 5.82 Å². The van der Waals surface area contributed by atoms with Crippen molar-refractivity contribution in [2.24, 2.45) is 4.99 Å². The molecule has 6 nitrogen and oxygen atoms in total. The Balaban J connectivity index is 1.67. The van der Waals surface area contributed by atoms with Crippen LogP contribution in [0.5, 0.6) is 0 Å². The SMILES string of the molecule is CC[C@H](C)NC(=O)CC1=CSC2=NC(C)=C(C(=O)OCc3ccccc3)[C@@H](c3ccccc3F)N12. The highest BCUT2D eigenvalue weighted by molar-refractivity contribution is 8.16. The van der Waals surface area contributed by atoms with Gasteiger partial charge in [0.05, 0.1) is 23.7 Å². The smallest absolute Gasteiger partial charge is 0.338 e. The Morgan fingerprint density at radius 2 is 1.89 bits per heavy atom. The van der Waals surface area contributed by atoms with E-state index < -0.39 is 17.8 Å². The monoisotopic (exact) mass is 493 g/mol. The molecule has 2 aromatic rings. The molecule has 8 heteroatoms. The molecular weight excluding hydrogens is 465 g/mol. The van der Waals surface area contributed by atoms with Gasteiger partial charge in [-0.1, -0.05) is 67.2 Å². The van der Waals surface area contributed by atoms with E-state index in [0.717, 1.165) is 12.0 Å². The molecule has 0 radical (unpaired) electrons. The number of carbonyl (C=O) groups excluding carboxylic acids is 2. The standard InChI is InChI=1S/C27H28FN3O3S/c1-4-17(2)29-23(32)14-20-16-35-27-30-18(3)24(26(33)34-15-19-10-6-5-7-11-19)25(31(20)27)21-12-8-9-13-22(21)28/h5-13,16-17,25H,4,14-15H2,1-3H3,(H,29,32)/t17-,25+/m0/s1. The first-order chi connectivity index (χ1) is 16.9. The summed E-state index contributed by atoms with van der Waals surface area (Å²) in [6.45, 7) is 5.76. The maximum Gasteiger partial charge on any atom is 0.338 e. The fourth-order valence-corrected chi connectivity index (χ4v) is 4.98. The molecule has 0 unspecified atom stereocenters. The summed E-state index contributed by atoms with van der Waals surface area (Å²) in [5.74, 6) is -1.15. The van der Waals surface area contributed by atoms with Crippen molar-refractivity contribution < 1.29 is 18.7 Å². The first-order valence-electron chi connectivity index (χ1n) is 11.6. The summed E-state index contributed by atoms with van der Waals surface area (Å²) in [5.41, 5.74) is 2.55. The molecule has 0 fully saturated rings. The lowest BCUT2D eigenvalue weighted by molar-refractivity contribution is -0.141. The number of esters is 1. The number of amides is 1. The van der Waals surface area contributed by atoms with E-state index in [4.69, 9.17) is 4.74 Å². The van der Waals surface area contributed by atoms with E-state index in [-0.39, 0.29) is 30.5 Å². The molecule has 1 N–H and O–H groups in total. The van der Waals surface area contributed by atoms with Crippen LogP contribution in [0.25, 0.3) is 0 Å². The summed E-state index contributed by atoms with van der Waals surface area (Å²) in [6, 6.07) is 15.0. The Hall–Kier alpha value is -3.39. The maximum absolute atomic E-state index is 15.1. The zero-order valence-corrected chi connectivity index (χ0v) is 20.8. The molecule has 0 saturated heterocycles. The lowest BCUT2D eigenvalue weighted by Gasteiger charge is -2.36. The number of carbonyl (C=O) groups is 2. The Morgan fingerprint density at radius 3 is 2.60 bits per heavy atom. The molecule has 0 aliphatic carbocycles. The number of fused-ring (bicyclic) bond motifs is 1. The quantitative estimate of drug-likeness (QED) is 0.495. The Morgan fingerprint density at radius 1 is 1.17 bits per heavy atom. The molecule has 35 heavy (non-hydrogen) atoms. The van der Waals surface area contributed by atoms with Gasteiger partial charge in [0.1, 0.15) is 12.4 Å². The summed E-state index contributed by atoms with van der Waals surface area (Å²) in [5, 5.41) is 5.41. The van der Waals surface area contributed by atoms with Crippen LogP contribution in [0.15, 0.2) is 82.0 Å². The van der Waals surface area contributed by atoms with Gasteiger partial charge in [-0.25, -0.2) is 14.2 Å². The fraction of sp³-hybridized carbons (Fsp3) is 0.296. The van der Waals surface area contributed by atoms with Crippen molar-refractivity contribution in [1.29, 1.82) is 0 Å². The minimum atomic E-state index is -0.801. The lowest BCUT2D eigenvalue weighted by Crippen LogP contribution is -2.39. The molecule has 0 spiro atoms. The van der Waals surface area contributed by atoms with Crippen LogP contribution in [-0.2, 0) is 20.9 Å². The summed E-state index contributed by atoms with van der Waals surface area (Å²) >= 11 is 1.36. The minimum Gasteiger partial charge on any atom is -0.457 e. The number of halogens is 1. The van der Waals surface area contributed by atoms with Gasteiger partial charge in [-0.05, 0) is 37.3 Å². The van der Waals surface area contributed by atoms with Gasteiger partial charge in [-0.2, -0.15) is 0 Å². The Kier molecular flexibility index (Phi) is 7.70. The van der Waals surface area contributed by atoms with E-state index in [9.17, 15) is 9.59 Å². The molecule has 4 rings (SSSR count). The van der Waals surface area contributed by atoms with E-state index >= 15 is 4.39 Å². The lowest BCUT2D eigenvalue weighted by atomic mass is 9.93. The zero-order chi connectivity index (χ0) is 24.9. The van der Waals surface area contributed by atoms with E-state index in [2.05, 4.69) is 10.3 Å². The molecule has 0 aromatic heterocycles. The van der Waals surface area contributed by atoms with Gasteiger partial charge in [0.2, 0.25) is 5.91 Å². The second-order valence-corrected chi connectivity index (χ2v) is 9.37. The van der Waals surface area contributed by atoms with Crippen LogP contribution >= 0.6 is 11.8 Å². The summed E-state index contributed by atoms with van der Waals surface area (Å²) in [6.07, 6.45) is 0.903. The number of hydrogen-bond acceptors (Lipinski definition) is 6. The topological polar surface area (TPSA) is 71.0 Å². The van der Waals surface area contributed by atoms with Gasteiger partial charge < -0.3 is 15.0 Å². The number of nitrogens with one attached hydrogen (secondary N) is 1. The predicted molar refractivity (Wildman–Crippen MR) is 136 cm³/mol. The number of nitrogens with zero attached hydrogens (tertiary/aromatic N) is 2. The zero-order valence-electron chi connectivity index (χ0n) is 20.0. The third-order valence-electron chi connectivity index (χ3n) is 5.99. The molecule has 0 saturated carbocycles. The molecule has 0 bridgehead atoms. The van der Waals surface area contributed by atoms with Crippen LogP contribution in [-0.4, -0.2) is 28.0 Å². The number of ether oxygens (including phenoxy) is 1. The molecular formula is C27H28FN3O3S. The third-order valence-corrected chi connectivity index (χ3v) is 6.88. The third kappa shape index (κ3) is 5.48. The second-order valence-electron chi connectivity index (χ2n) is 8.53. The van der Waals surface area contributed by atoms with Crippen molar-refractivity contribution in [2.75, 3.05) is 0 Å². The largest absolute Gasteiger partial charge is 0.457 e. The molecule has 2 aromatic carbocycles. The van der Waals surface area contributed by atoms with Gasteiger partial charge in [-0.15, -0.1) is 0 Å². The van der Waals surface area contributed by atoms with E-state index in [1.54, 1.807) is 30.0 Å². The first-order valence-corrected chi connectivity index (χ1v) is 12.5. The number of thioether (sulfide) groups is 1. The van der Waals surface area contributed by atoms with E-state index in [1.165, 1.54) is 17.8 Å². The fourth-order valence-electron chi connectivity index (χ4n) is 4.02. The average molecular weight is 494 g/mol. The second kappa shape index (κ2) is 10.9. The molecule has 2 aliphatic rings. The summed E-state index contributed by atoms with van der Waals surface area (Å²) in [7, 11) is 0. The molecule has 1 amide bonds. The van der Waals surface area contributed by atoms with Crippen LogP contribution in [0.2, 0.25) is 0 Å². The van der Waals surface area contributed by atoms with Crippen LogP contribution in [0.4, 0.5) is 4.39 Å². The molecule has 2 heterocycles. The van der Waals surface area contributed by atoms with Crippen molar-refractivity contribution in [3.05, 3.63) is 93.9 Å². The van der Waals surface area contributed by atoms with Gasteiger partial charge >= 0.3 is 5.97 Å². The highest BCUT2D eigenvalue weighted by atomic mass is 32.2. The number of hydrogen-bond donors (Lipinski definition) is 1. The Bertz CT molecular complexity index is 1210. The van der Waals surface area contributed by atoms with Crippen LogP contribution in [0.3, 0.4) is 0 Å². The highest BCUT2D eigenvalue weighted by Crippen LogP contribution is 2.45. The molecule has 2 atom stereocenters. The average Bonchev–Trinajstić information content (AvgIpc) is 3.24. The first kappa shape index (κ1) is 24.7. The molecule has 2 aliphatic heterocycles. The van der Waals surface area contributed by atoms with Gasteiger partial charge in [-0.3, -0.25) is 4.79 Å². The molecule has 182 valence electrons. The Labute approximate surface area is 209 Å². The highest BCUT2D eigenvalue weighted by Gasteiger charge is 2.42. The van der Waals surface area contributed by atoms with Crippen molar-refractivity contribution >= 4 is 28.8 Å². The van der Waals surface area contributed by atoms with Crippen molar-refractivity contribution in [3.8, 4) is 0 Å². The number of aliphatic imine (C=N–C) groups is 1. The van der Waals surface area contributed by atoms with Gasteiger partial charge in [0.25, 0.3) is 0 Å². The van der Waals surface area contributed by atoms with Crippen molar-refractivity contribution in [1.82, 2.24) is 10.2 Å². The summed E-state index contributed by atoms with van der Waals surface area (Å²) in [4.78, 5) is 32.5. The minimum absolute atomic E-state index is 0.0414. The van der Waals surface area contributed by atoms with Gasteiger partial charge in [0.15, 0.2) is 5.17 Å². The number of allylic oxidation sites excluding steroid dienone is 1. The van der Waals surface area contributed by atoms with E-state index in [0.29, 0.717) is 22.1 Å². The van der Waals surface area contributed by atoms with Crippen LogP contribution < -0.4 is 5.32 Å². The maximum atomic E-state index is 15.1. The normalized spacial score (nSPS) is 17.9. The van der Waals surface area contributed by atoms with Crippen molar-refractivity contribution in [3.63, 3.8) is 0 Å². The van der Waals surface area contributed by atoms with Crippen molar-refractivity contribution in [2.45, 2.75) is 52.3 Å². The number of benzene rings is 2. The predicted octanol–water partition coefficient (Wildman–Crippen LogP) is 5.45. The van der Waals surface area contributed by atoms with Gasteiger partial charge in [0, 0.05) is 17.3 Å². The number of rotatable bonds is 8. The van der Waals surface area contributed by atoms with Crippen LogP contribution in [0.1, 0.15) is 50.8 Å².